The summed E-state index contributed by atoms with van der Waals surface area (Å²) < 4.78 is 0. The molecule has 1 unspecified atom stereocenters. The molecule has 102 valence electrons. The van der Waals surface area contributed by atoms with Crippen molar-refractivity contribution in [2.45, 2.75) is 59.9 Å². The van der Waals surface area contributed by atoms with Crippen molar-refractivity contribution in [3.8, 4) is 0 Å². The Morgan fingerprint density at radius 3 is 2.11 bits per heavy atom. The van der Waals surface area contributed by atoms with Gasteiger partial charge in [-0.2, -0.15) is 0 Å². The lowest BCUT2D eigenvalue weighted by molar-refractivity contribution is 0.314. The first-order valence-electron chi connectivity index (χ1n) is 7.28. The first-order chi connectivity index (χ1) is 8.46. The van der Waals surface area contributed by atoms with Gasteiger partial charge in [-0.25, -0.2) is 0 Å². The number of benzene rings is 1. The number of hydrogen-bond donors (Lipinski definition) is 1. The molecule has 0 radical (unpaired) electrons. The maximum absolute atomic E-state index is 3.61. The molecular formula is C17H29N. The van der Waals surface area contributed by atoms with Gasteiger partial charge in [0.1, 0.15) is 0 Å². The van der Waals surface area contributed by atoms with E-state index in [4.69, 9.17) is 0 Å². The highest BCUT2D eigenvalue weighted by atomic mass is 14.9. The van der Waals surface area contributed by atoms with Crippen molar-refractivity contribution in [3.63, 3.8) is 0 Å². The van der Waals surface area contributed by atoms with E-state index < -0.39 is 0 Å². The van der Waals surface area contributed by atoms with Crippen LogP contribution in [0.1, 0.15) is 64.6 Å². The summed E-state index contributed by atoms with van der Waals surface area (Å²) in [5, 5.41) is 3.61. The molecule has 0 heterocycles. The molecule has 18 heavy (non-hydrogen) atoms. The minimum absolute atomic E-state index is 0.356. The smallest absolute Gasteiger partial charge is 0.0325 e. The lowest BCUT2D eigenvalue weighted by atomic mass is 9.85. The maximum Gasteiger partial charge on any atom is 0.0325 e. The lowest BCUT2D eigenvalue weighted by Gasteiger charge is -2.27. The Bertz CT molecular complexity index is 332. The van der Waals surface area contributed by atoms with E-state index in [1.165, 1.54) is 30.4 Å². The van der Waals surface area contributed by atoms with Crippen molar-refractivity contribution in [1.82, 2.24) is 5.32 Å². The van der Waals surface area contributed by atoms with Crippen LogP contribution in [0.3, 0.4) is 0 Å². The van der Waals surface area contributed by atoms with E-state index in [0.717, 1.165) is 6.54 Å². The largest absolute Gasteiger partial charge is 0.310 e. The summed E-state index contributed by atoms with van der Waals surface area (Å²) in [5.41, 5.74) is 3.23. The SMILES string of the molecule is CCCc1ccc(C(CC(C)(C)C)NCC)cc1. The Morgan fingerprint density at radius 2 is 1.67 bits per heavy atom. The van der Waals surface area contributed by atoms with Gasteiger partial charge in [-0.1, -0.05) is 65.3 Å². The summed E-state index contributed by atoms with van der Waals surface area (Å²) in [6.45, 7) is 12.4. The fraction of sp³-hybridized carbons (Fsp3) is 0.647. The zero-order chi connectivity index (χ0) is 13.6. The second-order valence-corrected chi connectivity index (χ2v) is 6.37. The molecule has 0 aliphatic carbocycles. The molecular weight excluding hydrogens is 218 g/mol. The highest BCUT2D eigenvalue weighted by molar-refractivity contribution is 5.25. The average Bonchev–Trinajstić information content (AvgIpc) is 2.28. The molecule has 1 aromatic rings. The number of nitrogens with one attached hydrogen (secondary N) is 1. The van der Waals surface area contributed by atoms with Crippen LogP contribution in [-0.4, -0.2) is 6.54 Å². The summed E-state index contributed by atoms with van der Waals surface area (Å²) in [6.07, 6.45) is 3.58. The molecule has 0 fully saturated rings. The van der Waals surface area contributed by atoms with Gasteiger partial charge in [-0.15, -0.1) is 0 Å². The van der Waals surface area contributed by atoms with E-state index in [2.05, 4.69) is 64.2 Å². The van der Waals surface area contributed by atoms with E-state index >= 15 is 0 Å². The molecule has 0 amide bonds. The standard InChI is InChI=1S/C17H29N/c1-6-8-14-9-11-15(12-10-14)16(18-7-2)13-17(3,4)5/h9-12,16,18H,6-8,13H2,1-5H3. The zero-order valence-electron chi connectivity index (χ0n) is 12.7. The van der Waals surface area contributed by atoms with E-state index in [-0.39, 0.29) is 0 Å². The Labute approximate surface area is 113 Å². The predicted molar refractivity (Wildman–Crippen MR) is 80.9 cm³/mol. The highest BCUT2D eigenvalue weighted by Crippen LogP contribution is 2.29. The number of hydrogen-bond acceptors (Lipinski definition) is 1. The van der Waals surface area contributed by atoms with Crippen molar-refractivity contribution in [2.24, 2.45) is 5.41 Å². The van der Waals surface area contributed by atoms with Crippen molar-refractivity contribution in [2.75, 3.05) is 6.54 Å². The van der Waals surface area contributed by atoms with Crippen molar-refractivity contribution in [3.05, 3.63) is 35.4 Å². The van der Waals surface area contributed by atoms with Gasteiger partial charge in [0.25, 0.3) is 0 Å². The second kappa shape index (κ2) is 6.94. The number of rotatable bonds is 6. The Balaban J connectivity index is 2.78. The molecule has 0 spiro atoms. The van der Waals surface area contributed by atoms with Crippen LogP contribution >= 0.6 is 0 Å². The molecule has 0 aliphatic rings. The van der Waals surface area contributed by atoms with Crippen molar-refractivity contribution < 1.29 is 0 Å². The second-order valence-electron chi connectivity index (χ2n) is 6.37. The summed E-state index contributed by atoms with van der Waals surface area (Å²) in [4.78, 5) is 0. The molecule has 0 saturated carbocycles. The Morgan fingerprint density at radius 1 is 1.06 bits per heavy atom. The summed E-state index contributed by atoms with van der Waals surface area (Å²) in [7, 11) is 0. The van der Waals surface area contributed by atoms with E-state index in [9.17, 15) is 0 Å². The van der Waals surface area contributed by atoms with Crippen LogP contribution in [0.4, 0.5) is 0 Å². The van der Waals surface area contributed by atoms with Crippen LogP contribution in [0.2, 0.25) is 0 Å². The predicted octanol–water partition coefficient (Wildman–Crippen LogP) is 4.73. The summed E-state index contributed by atoms with van der Waals surface area (Å²) in [5.74, 6) is 0. The topological polar surface area (TPSA) is 12.0 Å². The molecule has 1 atom stereocenters. The van der Waals surface area contributed by atoms with Crippen LogP contribution in [-0.2, 0) is 6.42 Å². The van der Waals surface area contributed by atoms with Crippen LogP contribution in [0.15, 0.2) is 24.3 Å². The minimum atomic E-state index is 0.356. The van der Waals surface area contributed by atoms with E-state index in [0.29, 0.717) is 11.5 Å². The first kappa shape index (κ1) is 15.2. The van der Waals surface area contributed by atoms with Gasteiger partial charge >= 0.3 is 0 Å². The van der Waals surface area contributed by atoms with E-state index in [1.807, 2.05) is 0 Å². The van der Waals surface area contributed by atoms with Crippen LogP contribution in [0.5, 0.6) is 0 Å². The molecule has 1 N–H and O–H groups in total. The Kier molecular flexibility index (Phi) is 5.87. The third kappa shape index (κ3) is 5.22. The number of aryl methyl sites for hydroxylation is 1. The first-order valence-corrected chi connectivity index (χ1v) is 7.28. The lowest BCUT2D eigenvalue weighted by Crippen LogP contribution is -2.25. The van der Waals surface area contributed by atoms with Gasteiger partial charge in [-0.05, 0) is 35.9 Å². The average molecular weight is 247 g/mol. The van der Waals surface area contributed by atoms with Crippen LogP contribution in [0.25, 0.3) is 0 Å². The quantitative estimate of drug-likeness (QED) is 0.766. The van der Waals surface area contributed by atoms with Gasteiger partial charge in [-0.3, -0.25) is 0 Å². The minimum Gasteiger partial charge on any atom is -0.310 e. The van der Waals surface area contributed by atoms with Gasteiger partial charge in [0, 0.05) is 6.04 Å². The Hall–Kier alpha value is -0.820. The normalized spacial score (nSPS) is 13.6. The molecule has 1 rings (SSSR count). The third-order valence-electron chi connectivity index (χ3n) is 3.19. The molecule has 0 saturated heterocycles. The molecule has 1 aromatic carbocycles. The van der Waals surface area contributed by atoms with Gasteiger partial charge in [0.05, 0.1) is 0 Å². The molecule has 1 heteroatoms. The summed E-state index contributed by atoms with van der Waals surface area (Å²) in [6, 6.07) is 9.64. The van der Waals surface area contributed by atoms with Crippen molar-refractivity contribution >= 4 is 0 Å². The van der Waals surface area contributed by atoms with Gasteiger partial charge < -0.3 is 5.32 Å². The third-order valence-corrected chi connectivity index (χ3v) is 3.19. The van der Waals surface area contributed by atoms with E-state index in [1.54, 1.807) is 0 Å². The molecule has 0 aliphatic heterocycles. The van der Waals surface area contributed by atoms with Gasteiger partial charge in [0.2, 0.25) is 0 Å². The van der Waals surface area contributed by atoms with Crippen LogP contribution < -0.4 is 5.32 Å². The molecule has 1 nitrogen and oxygen atoms in total. The monoisotopic (exact) mass is 247 g/mol. The maximum atomic E-state index is 3.61. The fourth-order valence-electron chi connectivity index (χ4n) is 2.37. The molecule has 0 bridgehead atoms. The van der Waals surface area contributed by atoms with Crippen molar-refractivity contribution in [1.29, 1.82) is 0 Å². The zero-order valence-corrected chi connectivity index (χ0v) is 12.7. The highest BCUT2D eigenvalue weighted by Gasteiger charge is 2.19. The molecule has 0 aromatic heterocycles. The van der Waals surface area contributed by atoms with Crippen LogP contribution in [0, 0.1) is 5.41 Å². The summed E-state index contributed by atoms with van der Waals surface area (Å²) >= 11 is 0. The fourth-order valence-corrected chi connectivity index (χ4v) is 2.37. The van der Waals surface area contributed by atoms with Gasteiger partial charge in [0.15, 0.2) is 0 Å².